The molecule has 1 aliphatic carbocycles. The van der Waals surface area contributed by atoms with E-state index >= 15 is 0 Å². The van der Waals surface area contributed by atoms with Crippen LogP contribution in [-0.4, -0.2) is 11.1 Å². The molecule has 0 radical (unpaired) electrons. The number of hydrogen-bond donors (Lipinski definition) is 1. The lowest BCUT2D eigenvalue weighted by Gasteiger charge is -2.07. The molecule has 2 nitrogen and oxygen atoms in total. The Kier molecular flexibility index (Phi) is 3.87. The third-order valence-corrected chi connectivity index (χ3v) is 4.61. The Morgan fingerprint density at radius 3 is 2.88 bits per heavy atom. The molecule has 0 aliphatic heterocycles. The molecule has 0 spiro atoms. The molecule has 1 N–H and O–H groups in total. The summed E-state index contributed by atoms with van der Waals surface area (Å²) in [5.74, 6) is -0.138. The van der Waals surface area contributed by atoms with Gasteiger partial charge in [0.2, 0.25) is 0 Å². The van der Waals surface area contributed by atoms with Gasteiger partial charge in [-0.1, -0.05) is 11.6 Å². The van der Waals surface area contributed by atoms with Crippen molar-refractivity contribution < 1.29 is 9.90 Å². The summed E-state index contributed by atoms with van der Waals surface area (Å²) in [4.78, 5) is 12.1. The molecule has 0 aromatic carbocycles. The molecule has 4 heteroatoms. The van der Waals surface area contributed by atoms with Gasteiger partial charge in [-0.2, -0.15) is 0 Å². The topological polar surface area (TPSA) is 37.3 Å². The lowest BCUT2D eigenvalue weighted by molar-refractivity contribution is -0.141. The number of rotatable bonds is 4. The Hall–Kier alpha value is -0.540. The Balaban J connectivity index is 1.77. The Bertz CT molecular complexity index is 375. The summed E-state index contributed by atoms with van der Waals surface area (Å²) in [6.07, 6.45) is 4.91. The maximum absolute atomic E-state index is 10.8. The van der Waals surface area contributed by atoms with Crippen molar-refractivity contribution in [2.45, 2.75) is 32.1 Å². The van der Waals surface area contributed by atoms with E-state index in [-0.39, 0.29) is 5.92 Å². The predicted octanol–water partition coefficient (Wildman–Crippen LogP) is 3.84. The number of halogens is 1. The molecular weight excluding hydrogens is 244 g/mol. The fourth-order valence-corrected chi connectivity index (χ4v) is 3.50. The van der Waals surface area contributed by atoms with Crippen LogP contribution in [0.4, 0.5) is 0 Å². The van der Waals surface area contributed by atoms with Gasteiger partial charge in [0, 0.05) is 4.88 Å². The van der Waals surface area contributed by atoms with Crippen molar-refractivity contribution in [2.24, 2.45) is 11.8 Å². The van der Waals surface area contributed by atoms with Crippen molar-refractivity contribution >= 4 is 28.9 Å². The van der Waals surface area contributed by atoms with E-state index in [0.717, 1.165) is 36.4 Å². The molecule has 1 aromatic rings. The molecule has 16 heavy (non-hydrogen) atoms. The minimum Gasteiger partial charge on any atom is -0.481 e. The first-order chi connectivity index (χ1) is 7.65. The second-order valence-corrected chi connectivity index (χ2v) is 6.26. The lowest BCUT2D eigenvalue weighted by Crippen LogP contribution is -2.09. The van der Waals surface area contributed by atoms with E-state index in [1.165, 1.54) is 4.88 Å². The van der Waals surface area contributed by atoms with E-state index in [1.807, 2.05) is 6.07 Å². The van der Waals surface area contributed by atoms with Crippen molar-refractivity contribution in [2.75, 3.05) is 0 Å². The van der Waals surface area contributed by atoms with Crippen LogP contribution in [0.2, 0.25) is 4.34 Å². The number of aliphatic carboxylic acids is 1. The first-order valence-corrected chi connectivity index (χ1v) is 6.81. The van der Waals surface area contributed by atoms with Crippen molar-refractivity contribution in [3.8, 4) is 0 Å². The summed E-state index contributed by atoms with van der Waals surface area (Å²) in [5, 5.41) is 8.90. The van der Waals surface area contributed by atoms with Crippen LogP contribution in [0.3, 0.4) is 0 Å². The van der Waals surface area contributed by atoms with E-state index in [2.05, 4.69) is 6.07 Å². The normalized spacial score (nSPS) is 24.8. The zero-order valence-electron chi connectivity index (χ0n) is 8.99. The van der Waals surface area contributed by atoms with Crippen molar-refractivity contribution in [3.63, 3.8) is 0 Å². The first kappa shape index (κ1) is 11.9. The summed E-state index contributed by atoms with van der Waals surface area (Å²) >= 11 is 7.49. The zero-order chi connectivity index (χ0) is 11.5. The fourth-order valence-electron chi connectivity index (χ4n) is 2.39. The van der Waals surface area contributed by atoms with Crippen LogP contribution in [0.5, 0.6) is 0 Å². The van der Waals surface area contributed by atoms with Crippen molar-refractivity contribution in [1.82, 2.24) is 0 Å². The van der Waals surface area contributed by atoms with E-state index in [1.54, 1.807) is 11.3 Å². The molecule has 1 aliphatic rings. The molecule has 1 aromatic heterocycles. The van der Waals surface area contributed by atoms with E-state index in [9.17, 15) is 4.79 Å². The maximum Gasteiger partial charge on any atom is 0.306 e. The van der Waals surface area contributed by atoms with Crippen LogP contribution < -0.4 is 0 Å². The highest BCUT2D eigenvalue weighted by Crippen LogP contribution is 2.34. The molecule has 2 atom stereocenters. The minimum atomic E-state index is -0.623. The largest absolute Gasteiger partial charge is 0.481 e. The second-order valence-electron chi connectivity index (χ2n) is 4.46. The number of hydrogen-bond acceptors (Lipinski definition) is 2. The summed E-state index contributed by atoms with van der Waals surface area (Å²) in [5.41, 5.74) is 0. The van der Waals surface area contributed by atoms with Gasteiger partial charge in [-0.05, 0) is 50.2 Å². The van der Waals surface area contributed by atoms with Crippen LogP contribution in [0.15, 0.2) is 12.1 Å². The molecule has 88 valence electrons. The quantitative estimate of drug-likeness (QED) is 0.891. The molecule has 1 saturated carbocycles. The SMILES string of the molecule is O=C(O)C1CCC(CCc2ccc(Cl)s2)C1. The van der Waals surface area contributed by atoms with E-state index in [4.69, 9.17) is 16.7 Å². The van der Waals surface area contributed by atoms with Gasteiger partial charge >= 0.3 is 5.97 Å². The van der Waals surface area contributed by atoms with Crippen molar-refractivity contribution in [1.29, 1.82) is 0 Å². The zero-order valence-corrected chi connectivity index (χ0v) is 10.6. The highest BCUT2D eigenvalue weighted by Gasteiger charge is 2.29. The molecule has 1 heterocycles. The van der Waals surface area contributed by atoms with Gasteiger partial charge in [0.15, 0.2) is 0 Å². The monoisotopic (exact) mass is 258 g/mol. The van der Waals surface area contributed by atoms with Crippen LogP contribution in [0, 0.1) is 11.8 Å². The highest BCUT2D eigenvalue weighted by atomic mass is 35.5. The van der Waals surface area contributed by atoms with Crippen molar-refractivity contribution in [3.05, 3.63) is 21.3 Å². The minimum absolute atomic E-state index is 0.100. The average molecular weight is 259 g/mol. The van der Waals surface area contributed by atoms with Gasteiger partial charge in [-0.15, -0.1) is 11.3 Å². The summed E-state index contributed by atoms with van der Waals surface area (Å²) < 4.78 is 0.838. The molecule has 0 amide bonds. The van der Waals surface area contributed by atoms with Crippen LogP contribution in [-0.2, 0) is 11.2 Å². The second kappa shape index (κ2) is 5.19. The summed E-state index contributed by atoms with van der Waals surface area (Å²) in [6.45, 7) is 0. The number of aryl methyl sites for hydroxylation is 1. The Labute approximate surface area is 104 Å². The smallest absolute Gasteiger partial charge is 0.306 e. The average Bonchev–Trinajstić information content (AvgIpc) is 2.83. The predicted molar refractivity (Wildman–Crippen MR) is 66.1 cm³/mol. The molecule has 2 unspecified atom stereocenters. The van der Waals surface area contributed by atoms with E-state index < -0.39 is 5.97 Å². The van der Waals surface area contributed by atoms with Gasteiger partial charge in [-0.3, -0.25) is 4.79 Å². The van der Waals surface area contributed by atoms with Crippen LogP contribution in [0.25, 0.3) is 0 Å². The Morgan fingerprint density at radius 2 is 2.31 bits per heavy atom. The highest BCUT2D eigenvalue weighted by molar-refractivity contribution is 7.16. The number of thiophene rings is 1. The summed E-state index contributed by atoms with van der Waals surface area (Å²) in [7, 11) is 0. The lowest BCUT2D eigenvalue weighted by atomic mass is 9.99. The molecular formula is C12H15ClO2S. The standard InChI is InChI=1S/C12H15ClO2S/c13-11-6-5-10(16-11)4-2-8-1-3-9(7-8)12(14)15/h5-6,8-9H,1-4,7H2,(H,14,15). The first-order valence-electron chi connectivity index (χ1n) is 5.62. The van der Waals surface area contributed by atoms with Gasteiger partial charge in [-0.25, -0.2) is 0 Å². The molecule has 0 saturated heterocycles. The number of carboxylic acids is 1. The van der Waals surface area contributed by atoms with E-state index in [0.29, 0.717) is 5.92 Å². The van der Waals surface area contributed by atoms with Crippen LogP contribution >= 0.6 is 22.9 Å². The fraction of sp³-hybridized carbons (Fsp3) is 0.583. The molecule has 0 bridgehead atoms. The molecule has 1 fully saturated rings. The third-order valence-electron chi connectivity index (χ3n) is 3.32. The number of carboxylic acid groups (broad SMARTS) is 1. The van der Waals surface area contributed by atoms with Crippen LogP contribution in [0.1, 0.15) is 30.6 Å². The number of carbonyl (C=O) groups is 1. The Morgan fingerprint density at radius 1 is 1.50 bits per heavy atom. The van der Waals surface area contributed by atoms with Gasteiger partial charge < -0.3 is 5.11 Å². The third kappa shape index (κ3) is 2.98. The summed E-state index contributed by atoms with van der Waals surface area (Å²) in [6, 6.07) is 3.99. The maximum atomic E-state index is 10.8. The van der Waals surface area contributed by atoms with Gasteiger partial charge in [0.25, 0.3) is 0 Å². The molecule has 2 rings (SSSR count). The van der Waals surface area contributed by atoms with Gasteiger partial charge in [0.05, 0.1) is 10.3 Å². The van der Waals surface area contributed by atoms with Gasteiger partial charge in [0.1, 0.15) is 0 Å².